The van der Waals surface area contributed by atoms with Gasteiger partial charge in [-0.1, -0.05) is 26.0 Å². The van der Waals surface area contributed by atoms with Crippen LogP contribution in [0.4, 0.5) is 0 Å². The van der Waals surface area contributed by atoms with Gasteiger partial charge in [0.1, 0.15) is 5.69 Å². The summed E-state index contributed by atoms with van der Waals surface area (Å²) < 4.78 is 0. The second-order valence-electron chi connectivity index (χ2n) is 4.26. The molecule has 0 fully saturated rings. The molecule has 0 aliphatic rings. The second kappa shape index (κ2) is 4.87. The van der Waals surface area contributed by atoms with E-state index in [1.807, 2.05) is 32.1 Å². The van der Waals surface area contributed by atoms with Gasteiger partial charge in [-0.05, 0) is 25.0 Å². The standard InChI is InChI=1S/C13H17NO/c1-4-5-9-13(2,3)12(15)11-8-6-7-10-14-11/h4,6-8,10H,1,5,9H2,2-3H3. The highest BCUT2D eigenvalue weighted by Crippen LogP contribution is 2.26. The molecule has 0 saturated carbocycles. The molecule has 2 nitrogen and oxygen atoms in total. The largest absolute Gasteiger partial charge is 0.292 e. The number of aromatic nitrogens is 1. The topological polar surface area (TPSA) is 30.0 Å². The van der Waals surface area contributed by atoms with Crippen LogP contribution in [0.15, 0.2) is 37.1 Å². The zero-order valence-electron chi connectivity index (χ0n) is 9.36. The van der Waals surface area contributed by atoms with Gasteiger partial charge in [-0.3, -0.25) is 9.78 Å². The van der Waals surface area contributed by atoms with Gasteiger partial charge in [-0.2, -0.15) is 0 Å². The first-order valence-corrected chi connectivity index (χ1v) is 5.14. The molecule has 0 radical (unpaired) electrons. The van der Waals surface area contributed by atoms with Gasteiger partial charge in [-0.15, -0.1) is 6.58 Å². The van der Waals surface area contributed by atoms with Gasteiger partial charge in [0.05, 0.1) is 0 Å². The Hall–Kier alpha value is -1.44. The van der Waals surface area contributed by atoms with Crippen LogP contribution in [0.2, 0.25) is 0 Å². The third kappa shape index (κ3) is 3.01. The van der Waals surface area contributed by atoms with E-state index in [0.29, 0.717) is 5.69 Å². The Balaban J connectivity index is 2.79. The Bertz CT molecular complexity index is 341. The second-order valence-corrected chi connectivity index (χ2v) is 4.26. The Morgan fingerprint density at radius 1 is 1.53 bits per heavy atom. The predicted molar refractivity (Wildman–Crippen MR) is 61.8 cm³/mol. The maximum absolute atomic E-state index is 12.1. The Morgan fingerprint density at radius 3 is 2.80 bits per heavy atom. The first kappa shape index (κ1) is 11.6. The molecule has 0 atom stereocenters. The van der Waals surface area contributed by atoms with Crippen LogP contribution in [-0.4, -0.2) is 10.8 Å². The quantitative estimate of drug-likeness (QED) is 0.543. The highest BCUT2D eigenvalue weighted by Gasteiger charge is 2.28. The molecule has 1 heterocycles. The average Bonchev–Trinajstić information content (AvgIpc) is 2.26. The molecular formula is C13H17NO. The minimum absolute atomic E-state index is 0.102. The molecule has 0 unspecified atom stereocenters. The molecule has 0 aromatic carbocycles. The molecule has 0 bridgehead atoms. The van der Waals surface area contributed by atoms with E-state index in [1.54, 1.807) is 12.3 Å². The van der Waals surface area contributed by atoms with E-state index >= 15 is 0 Å². The lowest BCUT2D eigenvalue weighted by Crippen LogP contribution is -2.24. The van der Waals surface area contributed by atoms with Gasteiger partial charge < -0.3 is 0 Å². The molecule has 15 heavy (non-hydrogen) atoms. The summed E-state index contributed by atoms with van der Waals surface area (Å²) in [6.07, 6.45) is 5.15. The normalized spacial score (nSPS) is 11.1. The number of hydrogen-bond acceptors (Lipinski definition) is 2. The van der Waals surface area contributed by atoms with Gasteiger partial charge in [0.25, 0.3) is 0 Å². The molecule has 0 spiro atoms. The molecule has 0 aliphatic carbocycles. The van der Waals surface area contributed by atoms with E-state index in [1.165, 1.54) is 0 Å². The Morgan fingerprint density at radius 2 is 2.27 bits per heavy atom. The third-order valence-electron chi connectivity index (χ3n) is 2.49. The lowest BCUT2D eigenvalue weighted by Gasteiger charge is -2.21. The van der Waals surface area contributed by atoms with Crippen LogP contribution < -0.4 is 0 Å². The number of nitrogens with zero attached hydrogens (tertiary/aromatic N) is 1. The van der Waals surface area contributed by atoms with Crippen molar-refractivity contribution in [3.8, 4) is 0 Å². The zero-order chi connectivity index (χ0) is 11.3. The number of Topliss-reactive ketones (excluding diaryl/α,β-unsaturated/α-hetero) is 1. The molecule has 2 heteroatoms. The van der Waals surface area contributed by atoms with E-state index in [0.717, 1.165) is 12.8 Å². The summed E-state index contributed by atoms with van der Waals surface area (Å²) in [5.41, 5.74) is 0.189. The fourth-order valence-corrected chi connectivity index (χ4v) is 1.42. The van der Waals surface area contributed by atoms with Crippen molar-refractivity contribution in [2.75, 3.05) is 0 Å². The third-order valence-corrected chi connectivity index (χ3v) is 2.49. The van der Waals surface area contributed by atoms with Crippen LogP contribution in [0.3, 0.4) is 0 Å². The van der Waals surface area contributed by atoms with Crippen molar-refractivity contribution >= 4 is 5.78 Å². The van der Waals surface area contributed by atoms with Gasteiger partial charge in [-0.25, -0.2) is 0 Å². The summed E-state index contributed by atoms with van der Waals surface area (Å²) in [5, 5.41) is 0. The molecule has 0 amide bonds. The Kier molecular flexibility index (Phi) is 3.78. The molecule has 0 aliphatic heterocycles. The number of hydrogen-bond donors (Lipinski definition) is 0. The molecule has 1 aromatic heterocycles. The van der Waals surface area contributed by atoms with Gasteiger partial charge in [0.15, 0.2) is 5.78 Å². The van der Waals surface area contributed by atoms with Crippen LogP contribution in [0.25, 0.3) is 0 Å². The summed E-state index contributed by atoms with van der Waals surface area (Å²) in [6, 6.07) is 5.41. The molecule has 0 N–H and O–H groups in total. The Labute approximate surface area is 91.0 Å². The smallest absolute Gasteiger partial charge is 0.186 e. The van der Waals surface area contributed by atoms with Crippen molar-refractivity contribution in [1.29, 1.82) is 0 Å². The lowest BCUT2D eigenvalue weighted by molar-refractivity contribution is 0.0822. The van der Waals surface area contributed by atoms with Crippen molar-refractivity contribution in [2.24, 2.45) is 5.41 Å². The molecule has 1 rings (SSSR count). The minimum atomic E-state index is -0.359. The van der Waals surface area contributed by atoms with Crippen molar-refractivity contribution < 1.29 is 4.79 Å². The summed E-state index contributed by atoms with van der Waals surface area (Å²) in [5.74, 6) is 0.102. The van der Waals surface area contributed by atoms with Gasteiger partial charge in [0.2, 0.25) is 0 Å². The van der Waals surface area contributed by atoms with Crippen LogP contribution in [-0.2, 0) is 0 Å². The van der Waals surface area contributed by atoms with Gasteiger partial charge in [0, 0.05) is 11.6 Å². The summed E-state index contributed by atoms with van der Waals surface area (Å²) in [4.78, 5) is 16.2. The van der Waals surface area contributed by atoms with E-state index < -0.39 is 0 Å². The zero-order valence-corrected chi connectivity index (χ0v) is 9.36. The molecule has 1 aromatic rings. The highest BCUT2D eigenvalue weighted by atomic mass is 16.1. The van der Waals surface area contributed by atoms with E-state index in [4.69, 9.17) is 0 Å². The van der Waals surface area contributed by atoms with E-state index in [-0.39, 0.29) is 11.2 Å². The maximum atomic E-state index is 12.1. The average molecular weight is 203 g/mol. The fraction of sp³-hybridized carbons (Fsp3) is 0.385. The number of carbonyl (C=O) groups is 1. The summed E-state index contributed by atoms with van der Waals surface area (Å²) >= 11 is 0. The lowest BCUT2D eigenvalue weighted by atomic mass is 9.82. The first-order valence-electron chi connectivity index (χ1n) is 5.14. The van der Waals surface area contributed by atoms with Crippen LogP contribution >= 0.6 is 0 Å². The number of allylic oxidation sites excluding steroid dienone is 1. The summed E-state index contributed by atoms with van der Waals surface area (Å²) in [6.45, 7) is 7.57. The van der Waals surface area contributed by atoms with Crippen LogP contribution in [0, 0.1) is 5.41 Å². The number of ketones is 1. The van der Waals surface area contributed by atoms with Crippen molar-refractivity contribution in [2.45, 2.75) is 26.7 Å². The fourth-order valence-electron chi connectivity index (χ4n) is 1.42. The highest BCUT2D eigenvalue weighted by molar-refractivity contribution is 5.98. The predicted octanol–water partition coefficient (Wildman–Crippen LogP) is 3.26. The van der Waals surface area contributed by atoms with Crippen molar-refractivity contribution in [3.63, 3.8) is 0 Å². The van der Waals surface area contributed by atoms with E-state index in [9.17, 15) is 4.79 Å². The molecular weight excluding hydrogens is 186 g/mol. The summed E-state index contributed by atoms with van der Waals surface area (Å²) in [7, 11) is 0. The minimum Gasteiger partial charge on any atom is -0.292 e. The number of rotatable bonds is 5. The first-order chi connectivity index (χ1) is 7.08. The maximum Gasteiger partial charge on any atom is 0.186 e. The SMILES string of the molecule is C=CCCC(C)(C)C(=O)c1ccccn1. The monoisotopic (exact) mass is 203 g/mol. The molecule has 0 saturated heterocycles. The van der Waals surface area contributed by atoms with Crippen LogP contribution in [0.5, 0.6) is 0 Å². The molecule has 80 valence electrons. The van der Waals surface area contributed by atoms with E-state index in [2.05, 4.69) is 11.6 Å². The number of pyridine rings is 1. The number of carbonyl (C=O) groups excluding carboxylic acids is 1. The van der Waals surface area contributed by atoms with Gasteiger partial charge >= 0.3 is 0 Å². The van der Waals surface area contributed by atoms with Crippen molar-refractivity contribution in [1.82, 2.24) is 4.98 Å². The van der Waals surface area contributed by atoms with Crippen LogP contribution in [0.1, 0.15) is 37.2 Å². The van der Waals surface area contributed by atoms with Crippen molar-refractivity contribution in [3.05, 3.63) is 42.7 Å².